The van der Waals surface area contributed by atoms with E-state index < -0.39 is 0 Å². The lowest BCUT2D eigenvalue weighted by Gasteiger charge is -2.14. The Morgan fingerprint density at radius 3 is 2.87 bits per heavy atom. The highest BCUT2D eigenvalue weighted by molar-refractivity contribution is 5.77. The molecule has 1 aromatic heterocycles. The van der Waals surface area contributed by atoms with E-state index in [2.05, 4.69) is 4.98 Å². The molecule has 2 rings (SSSR count). The molecule has 1 aromatic rings. The smallest absolute Gasteiger partial charge is 0.222 e. The summed E-state index contributed by atoms with van der Waals surface area (Å²) in [6, 6.07) is 5.77. The highest BCUT2D eigenvalue weighted by Crippen LogP contribution is 2.13. The molecule has 0 atom stereocenters. The SMILES string of the molecule is NCc1cccc(CN2CCCC2=O)n1. The highest BCUT2D eigenvalue weighted by atomic mass is 16.2. The Labute approximate surface area is 89.1 Å². The van der Waals surface area contributed by atoms with Crippen molar-refractivity contribution in [2.24, 2.45) is 5.73 Å². The minimum absolute atomic E-state index is 0.231. The molecule has 1 saturated heterocycles. The summed E-state index contributed by atoms with van der Waals surface area (Å²) in [6.45, 7) is 1.92. The first-order valence-electron chi connectivity index (χ1n) is 5.22. The Balaban J connectivity index is 2.06. The quantitative estimate of drug-likeness (QED) is 0.788. The standard InChI is InChI=1S/C11H15N3O/c12-7-9-3-1-4-10(13-9)8-14-6-2-5-11(14)15/h1,3-4H,2,5-8,12H2. The molecule has 1 aliphatic heterocycles. The third kappa shape index (κ3) is 2.33. The summed E-state index contributed by atoms with van der Waals surface area (Å²) in [6.07, 6.45) is 1.64. The Morgan fingerprint density at radius 1 is 1.40 bits per heavy atom. The number of hydrogen-bond donors (Lipinski definition) is 1. The highest BCUT2D eigenvalue weighted by Gasteiger charge is 2.20. The van der Waals surface area contributed by atoms with Crippen LogP contribution in [0.15, 0.2) is 18.2 Å². The lowest BCUT2D eigenvalue weighted by molar-refractivity contribution is -0.128. The van der Waals surface area contributed by atoms with Gasteiger partial charge in [0.25, 0.3) is 0 Å². The van der Waals surface area contributed by atoms with E-state index in [0.29, 0.717) is 19.5 Å². The number of likely N-dealkylation sites (tertiary alicyclic amines) is 1. The van der Waals surface area contributed by atoms with Crippen LogP contribution in [0.2, 0.25) is 0 Å². The van der Waals surface area contributed by atoms with E-state index in [0.717, 1.165) is 24.4 Å². The van der Waals surface area contributed by atoms with Crippen LogP contribution in [0.4, 0.5) is 0 Å². The van der Waals surface area contributed by atoms with Gasteiger partial charge in [0.2, 0.25) is 5.91 Å². The van der Waals surface area contributed by atoms with Gasteiger partial charge in [-0.05, 0) is 18.6 Å². The van der Waals surface area contributed by atoms with Gasteiger partial charge in [-0.25, -0.2) is 0 Å². The van der Waals surface area contributed by atoms with Crippen LogP contribution in [0.3, 0.4) is 0 Å². The number of pyridine rings is 1. The maximum atomic E-state index is 11.4. The van der Waals surface area contributed by atoms with Crippen molar-refractivity contribution in [1.29, 1.82) is 0 Å². The summed E-state index contributed by atoms with van der Waals surface area (Å²) in [4.78, 5) is 17.6. The molecule has 15 heavy (non-hydrogen) atoms. The number of rotatable bonds is 3. The van der Waals surface area contributed by atoms with Crippen molar-refractivity contribution in [2.45, 2.75) is 25.9 Å². The predicted octanol–water partition coefficient (Wildman–Crippen LogP) is 0.663. The van der Waals surface area contributed by atoms with Crippen LogP contribution in [-0.4, -0.2) is 22.3 Å². The minimum atomic E-state index is 0.231. The predicted molar refractivity (Wildman–Crippen MR) is 56.8 cm³/mol. The molecule has 0 saturated carbocycles. The van der Waals surface area contributed by atoms with Crippen molar-refractivity contribution in [3.63, 3.8) is 0 Å². The van der Waals surface area contributed by atoms with Crippen LogP contribution in [0.5, 0.6) is 0 Å². The molecule has 1 fully saturated rings. The van der Waals surface area contributed by atoms with Gasteiger partial charge in [0.05, 0.1) is 17.9 Å². The van der Waals surface area contributed by atoms with Crippen molar-refractivity contribution in [3.8, 4) is 0 Å². The summed E-state index contributed by atoms with van der Waals surface area (Å²) in [7, 11) is 0. The van der Waals surface area contributed by atoms with Gasteiger partial charge in [-0.3, -0.25) is 9.78 Å². The first-order valence-corrected chi connectivity index (χ1v) is 5.22. The molecule has 0 aromatic carbocycles. The van der Waals surface area contributed by atoms with Crippen LogP contribution in [0.1, 0.15) is 24.2 Å². The zero-order chi connectivity index (χ0) is 10.7. The number of aromatic nitrogens is 1. The third-order valence-corrected chi connectivity index (χ3v) is 2.60. The lowest BCUT2D eigenvalue weighted by Crippen LogP contribution is -2.24. The van der Waals surface area contributed by atoms with Crippen LogP contribution >= 0.6 is 0 Å². The molecular weight excluding hydrogens is 190 g/mol. The van der Waals surface area contributed by atoms with E-state index in [1.165, 1.54) is 0 Å². The van der Waals surface area contributed by atoms with E-state index in [1.54, 1.807) is 0 Å². The summed E-state index contributed by atoms with van der Waals surface area (Å²) < 4.78 is 0. The van der Waals surface area contributed by atoms with Crippen LogP contribution < -0.4 is 5.73 Å². The van der Waals surface area contributed by atoms with E-state index >= 15 is 0 Å². The fraction of sp³-hybridized carbons (Fsp3) is 0.455. The Bertz CT molecular complexity index is 365. The normalized spacial score (nSPS) is 16.1. The lowest BCUT2D eigenvalue weighted by atomic mass is 10.3. The maximum Gasteiger partial charge on any atom is 0.222 e. The molecule has 1 amide bonds. The molecule has 2 N–H and O–H groups in total. The number of nitrogens with two attached hydrogens (primary N) is 1. The topological polar surface area (TPSA) is 59.2 Å². The van der Waals surface area contributed by atoms with Gasteiger partial charge in [-0.15, -0.1) is 0 Å². The number of carbonyl (C=O) groups excluding carboxylic acids is 1. The van der Waals surface area contributed by atoms with Gasteiger partial charge in [0, 0.05) is 19.5 Å². The van der Waals surface area contributed by atoms with E-state index in [-0.39, 0.29) is 5.91 Å². The molecule has 2 heterocycles. The zero-order valence-electron chi connectivity index (χ0n) is 8.65. The largest absolute Gasteiger partial charge is 0.337 e. The maximum absolute atomic E-state index is 11.4. The Kier molecular flexibility index (Phi) is 2.97. The second kappa shape index (κ2) is 4.40. The number of amides is 1. The van der Waals surface area contributed by atoms with Crippen molar-refractivity contribution in [2.75, 3.05) is 6.54 Å². The number of carbonyl (C=O) groups is 1. The second-order valence-corrected chi connectivity index (χ2v) is 3.74. The van der Waals surface area contributed by atoms with Gasteiger partial charge in [0.1, 0.15) is 0 Å². The molecule has 1 aliphatic rings. The molecule has 4 heteroatoms. The molecule has 4 nitrogen and oxygen atoms in total. The number of nitrogens with zero attached hydrogens (tertiary/aromatic N) is 2. The van der Waals surface area contributed by atoms with Gasteiger partial charge in [0.15, 0.2) is 0 Å². The molecule has 0 unspecified atom stereocenters. The Morgan fingerprint density at radius 2 is 2.20 bits per heavy atom. The average molecular weight is 205 g/mol. The van der Waals surface area contributed by atoms with Gasteiger partial charge in [-0.2, -0.15) is 0 Å². The van der Waals surface area contributed by atoms with Gasteiger partial charge < -0.3 is 10.6 Å². The van der Waals surface area contributed by atoms with Gasteiger partial charge in [-0.1, -0.05) is 6.07 Å². The van der Waals surface area contributed by atoms with Crippen LogP contribution in [0.25, 0.3) is 0 Å². The summed E-state index contributed by atoms with van der Waals surface area (Å²) in [5.41, 5.74) is 7.31. The fourth-order valence-corrected chi connectivity index (χ4v) is 1.80. The molecule has 0 aliphatic carbocycles. The van der Waals surface area contributed by atoms with E-state index in [4.69, 9.17) is 5.73 Å². The summed E-state index contributed by atoms with van der Waals surface area (Å²) in [5, 5.41) is 0. The molecular formula is C11H15N3O. The van der Waals surface area contributed by atoms with Crippen LogP contribution in [0, 0.1) is 0 Å². The van der Waals surface area contributed by atoms with Gasteiger partial charge >= 0.3 is 0 Å². The second-order valence-electron chi connectivity index (χ2n) is 3.74. The first kappa shape index (κ1) is 10.1. The zero-order valence-corrected chi connectivity index (χ0v) is 8.65. The molecule has 0 bridgehead atoms. The monoisotopic (exact) mass is 205 g/mol. The van der Waals surface area contributed by atoms with Crippen molar-refractivity contribution >= 4 is 5.91 Å². The average Bonchev–Trinajstić information content (AvgIpc) is 2.65. The summed E-state index contributed by atoms with van der Waals surface area (Å²) >= 11 is 0. The fourth-order valence-electron chi connectivity index (χ4n) is 1.80. The van der Waals surface area contributed by atoms with E-state index in [1.807, 2.05) is 23.1 Å². The molecule has 0 radical (unpaired) electrons. The minimum Gasteiger partial charge on any atom is -0.337 e. The van der Waals surface area contributed by atoms with Crippen molar-refractivity contribution in [1.82, 2.24) is 9.88 Å². The Hall–Kier alpha value is -1.42. The van der Waals surface area contributed by atoms with Crippen molar-refractivity contribution < 1.29 is 4.79 Å². The summed E-state index contributed by atoms with van der Waals surface area (Å²) in [5.74, 6) is 0.231. The third-order valence-electron chi connectivity index (χ3n) is 2.60. The molecule has 0 spiro atoms. The first-order chi connectivity index (χ1) is 7.29. The molecule has 80 valence electrons. The van der Waals surface area contributed by atoms with Crippen LogP contribution in [-0.2, 0) is 17.9 Å². The number of hydrogen-bond acceptors (Lipinski definition) is 3. The van der Waals surface area contributed by atoms with Crippen molar-refractivity contribution in [3.05, 3.63) is 29.6 Å². The van der Waals surface area contributed by atoms with E-state index in [9.17, 15) is 4.79 Å².